The lowest BCUT2D eigenvalue weighted by atomic mass is 10.2. The average Bonchev–Trinajstić information content (AvgIpc) is 2.91. The number of anilines is 1. The SMILES string of the molecule is Cc1cnn(C(C)C(C)NCC(=O)Nc2cccnc2)c1. The van der Waals surface area contributed by atoms with Crippen LogP contribution in [0, 0.1) is 6.92 Å². The first-order valence-corrected chi connectivity index (χ1v) is 7.00. The van der Waals surface area contributed by atoms with Crippen LogP contribution in [0.5, 0.6) is 0 Å². The lowest BCUT2D eigenvalue weighted by molar-refractivity contribution is -0.115. The molecule has 6 nitrogen and oxygen atoms in total. The fourth-order valence-electron chi connectivity index (χ4n) is 1.95. The van der Waals surface area contributed by atoms with E-state index >= 15 is 0 Å². The first-order valence-electron chi connectivity index (χ1n) is 7.00. The van der Waals surface area contributed by atoms with Crippen molar-refractivity contribution < 1.29 is 4.79 Å². The van der Waals surface area contributed by atoms with Gasteiger partial charge in [-0.15, -0.1) is 0 Å². The number of aromatic nitrogens is 3. The highest BCUT2D eigenvalue weighted by Gasteiger charge is 2.15. The van der Waals surface area contributed by atoms with Crippen LogP contribution in [0.1, 0.15) is 25.5 Å². The molecule has 21 heavy (non-hydrogen) atoms. The largest absolute Gasteiger partial charge is 0.324 e. The zero-order chi connectivity index (χ0) is 15.2. The molecule has 2 unspecified atom stereocenters. The van der Waals surface area contributed by atoms with Gasteiger partial charge in [-0.25, -0.2) is 0 Å². The van der Waals surface area contributed by atoms with Gasteiger partial charge in [-0.05, 0) is 38.5 Å². The van der Waals surface area contributed by atoms with E-state index in [1.165, 1.54) is 0 Å². The number of hydrogen-bond donors (Lipinski definition) is 2. The second-order valence-corrected chi connectivity index (χ2v) is 5.20. The van der Waals surface area contributed by atoms with Crippen LogP contribution < -0.4 is 10.6 Å². The molecule has 2 rings (SSSR count). The third-order valence-corrected chi connectivity index (χ3v) is 3.40. The minimum absolute atomic E-state index is 0.0845. The highest BCUT2D eigenvalue weighted by Crippen LogP contribution is 2.10. The summed E-state index contributed by atoms with van der Waals surface area (Å²) in [5.74, 6) is -0.0845. The molecule has 6 heteroatoms. The maximum Gasteiger partial charge on any atom is 0.238 e. The summed E-state index contributed by atoms with van der Waals surface area (Å²) in [6.45, 7) is 6.37. The van der Waals surface area contributed by atoms with E-state index in [-0.39, 0.29) is 24.5 Å². The van der Waals surface area contributed by atoms with E-state index in [1.54, 1.807) is 18.5 Å². The maximum absolute atomic E-state index is 11.9. The third-order valence-electron chi connectivity index (χ3n) is 3.40. The number of nitrogens with zero attached hydrogens (tertiary/aromatic N) is 3. The number of carbonyl (C=O) groups is 1. The molecule has 2 N–H and O–H groups in total. The van der Waals surface area contributed by atoms with Crippen molar-refractivity contribution in [2.45, 2.75) is 32.9 Å². The number of nitrogens with one attached hydrogen (secondary N) is 2. The van der Waals surface area contributed by atoms with Crippen LogP contribution in [0.15, 0.2) is 36.9 Å². The molecule has 0 aliphatic rings. The Hall–Kier alpha value is -2.21. The van der Waals surface area contributed by atoms with Gasteiger partial charge in [0, 0.05) is 18.4 Å². The second-order valence-electron chi connectivity index (χ2n) is 5.20. The summed E-state index contributed by atoms with van der Waals surface area (Å²) in [5, 5.41) is 10.3. The van der Waals surface area contributed by atoms with Gasteiger partial charge >= 0.3 is 0 Å². The van der Waals surface area contributed by atoms with Crippen molar-refractivity contribution in [1.29, 1.82) is 0 Å². The van der Waals surface area contributed by atoms with Gasteiger partial charge in [0.05, 0.1) is 30.7 Å². The van der Waals surface area contributed by atoms with E-state index in [0.717, 1.165) is 5.56 Å². The Morgan fingerprint density at radius 3 is 2.81 bits per heavy atom. The predicted molar refractivity (Wildman–Crippen MR) is 82.0 cm³/mol. The molecule has 2 aromatic rings. The molecule has 0 spiro atoms. The second kappa shape index (κ2) is 6.99. The van der Waals surface area contributed by atoms with E-state index in [0.29, 0.717) is 5.69 Å². The molecule has 112 valence electrons. The normalized spacial score (nSPS) is 13.7. The fourth-order valence-corrected chi connectivity index (χ4v) is 1.95. The molecule has 2 atom stereocenters. The number of pyridine rings is 1. The van der Waals surface area contributed by atoms with Gasteiger partial charge in [0.2, 0.25) is 5.91 Å². The third kappa shape index (κ3) is 4.39. The monoisotopic (exact) mass is 287 g/mol. The molecule has 0 saturated heterocycles. The van der Waals surface area contributed by atoms with E-state index in [9.17, 15) is 4.79 Å². The van der Waals surface area contributed by atoms with Crippen LogP contribution in [-0.2, 0) is 4.79 Å². The van der Waals surface area contributed by atoms with Crippen molar-refractivity contribution in [3.05, 3.63) is 42.5 Å². The Kier molecular flexibility index (Phi) is 5.05. The van der Waals surface area contributed by atoms with Crippen LogP contribution in [0.2, 0.25) is 0 Å². The van der Waals surface area contributed by atoms with Crippen LogP contribution in [-0.4, -0.2) is 33.3 Å². The summed E-state index contributed by atoms with van der Waals surface area (Å²) in [7, 11) is 0. The number of amides is 1. The van der Waals surface area contributed by atoms with Crippen LogP contribution in [0.4, 0.5) is 5.69 Å². The molecule has 0 aliphatic heterocycles. The number of rotatable bonds is 6. The molecule has 0 aromatic carbocycles. The van der Waals surface area contributed by atoms with E-state index < -0.39 is 0 Å². The number of carbonyl (C=O) groups excluding carboxylic acids is 1. The lowest BCUT2D eigenvalue weighted by Crippen LogP contribution is -2.39. The summed E-state index contributed by atoms with van der Waals surface area (Å²) >= 11 is 0. The van der Waals surface area contributed by atoms with Crippen LogP contribution in [0.3, 0.4) is 0 Å². The van der Waals surface area contributed by atoms with E-state index in [4.69, 9.17) is 0 Å². The summed E-state index contributed by atoms with van der Waals surface area (Å²) in [5.41, 5.74) is 1.83. The van der Waals surface area contributed by atoms with Crippen LogP contribution >= 0.6 is 0 Å². The summed E-state index contributed by atoms with van der Waals surface area (Å²) in [6, 6.07) is 3.89. The van der Waals surface area contributed by atoms with Crippen molar-refractivity contribution in [1.82, 2.24) is 20.1 Å². The highest BCUT2D eigenvalue weighted by molar-refractivity contribution is 5.92. The minimum atomic E-state index is -0.0845. The Morgan fingerprint density at radius 1 is 1.38 bits per heavy atom. The lowest BCUT2D eigenvalue weighted by Gasteiger charge is -2.21. The minimum Gasteiger partial charge on any atom is -0.324 e. The van der Waals surface area contributed by atoms with Gasteiger partial charge in [0.1, 0.15) is 0 Å². The van der Waals surface area contributed by atoms with Crippen molar-refractivity contribution in [3.8, 4) is 0 Å². The summed E-state index contributed by atoms with van der Waals surface area (Å²) in [4.78, 5) is 15.8. The molecular formula is C15H21N5O. The molecule has 0 radical (unpaired) electrons. The molecule has 0 aliphatic carbocycles. The predicted octanol–water partition coefficient (Wildman–Crippen LogP) is 1.76. The average molecular weight is 287 g/mol. The first-order chi connectivity index (χ1) is 10.1. The zero-order valence-electron chi connectivity index (χ0n) is 12.6. The molecule has 1 amide bonds. The molecule has 0 bridgehead atoms. The summed E-state index contributed by atoms with van der Waals surface area (Å²) in [6.07, 6.45) is 7.12. The maximum atomic E-state index is 11.9. The highest BCUT2D eigenvalue weighted by atomic mass is 16.1. The van der Waals surface area contributed by atoms with E-state index in [1.807, 2.05) is 37.0 Å². The molecule has 2 aromatic heterocycles. The quantitative estimate of drug-likeness (QED) is 0.849. The number of hydrogen-bond acceptors (Lipinski definition) is 4. The Morgan fingerprint density at radius 2 is 2.19 bits per heavy atom. The van der Waals surface area contributed by atoms with Gasteiger partial charge < -0.3 is 10.6 Å². The molecule has 0 fully saturated rings. The van der Waals surface area contributed by atoms with E-state index in [2.05, 4.69) is 27.6 Å². The Balaban J connectivity index is 1.80. The van der Waals surface area contributed by atoms with Crippen molar-refractivity contribution in [3.63, 3.8) is 0 Å². The topological polar surface area (TPSA) is 71.8 Å². The Bertz CT molecular complexity index is 581. The zero-order valence-corrected chi connectivity index (χ0v) is 12.6. The van der Waals surface area contributed by atoms with Crippen molar-refractivity contribution in [2.75, 3.05) is 11.9 Å². The van der Waals surface area contributed by atoms with Gasteiger partial charge in [0.15, 0.2) is 0 Å². The van der Waals surface area contributed by atoms with Gasteiger partial charge in [-0.1, -0.05) is 0 Å². The van der Waals surface area contributed by atoms with Gasteiger partial charge in [0.25, 0.3) is 0 Å². The molecule has 2 heterocycles. The fraction of sp³-hybridized carbons (Fsp3) is 0.400. The summed E-state index contributed by atoms with van der Waals surface area (Å²) < 4.78 is 1.91. The molecular weight excluding hydrogens is 266 g/mol. The Labute approximate surface area is 124 Å². The van der Waals surface area contributed by atoms with Crippen molar-refractivity contribution in [2.24, 2.45) is 0 Å². The smallest absolute Gasteiger partial charge is 0.238 e. The van der Waals surface area contributed by atoms with Gasteiger partial charge in [-0.3, -0.25) is 14.5 Å². The van der Waals surface area contributed by atoms with Crippen LogP contribution in [0.25, 0.3) is 0 Å². The standard InChI is InChI=1S/C15H21N5O/c1-11-7-18-20(10-11)13(3)12(2)17-9-15(21)19-14-5-4-6-16-8-14/h4-8,10,12-13,17H,9H2,1-3H3,(H,19,21). The van der Waals surface area contributed by atoms with Crippen molar-refractivity contribution >= 4 is 11.6 Å². The first kappa shape index (κ1) is 15.2. The van der Waals surface area contributed by atoms with Gasteiger partial charge in [-0.2, -0.15) is 5.10 Å². The molecule has 0 saturated carbocycles. The number of aryl methyl sites for hydroxylation is 1.